The van der Waals surface area contributed by atoms with E-state index in [4.69, 9.17) is 16.7 Å². The van der Waals surface area contributed by atoms with Crippen molar-refractivity contribution in [3.63, 3.8) is 0 Å². The molecule has 1 aliphatic heterocycles. The zero-order valence-electron chi connectivity index (χ0n) is 12.3. The molecule has 1 aliphatic rings. The van der Waals surface area contributed by atoms with Gasteiger partial charge in [0.1, 0.15) is 5.60 Å². The van der Waals surface area contributed by atoms with Gasteiger partial charge in [-0.15, -0.1) is 0 Å². The molecule has 1 N–H and O–H groups in total. The van der Waals surface area contributed by atoms with Crippen LogP contribution in [0.4, 0.5) is 0 Å². The van der Waals surface area contributed by atoms with Crippen LogP contribution in [0.1, 0.15) is 19.8 Å². The van der Waals surface area contributed by atoms with Gasteiger partial charge < -0.3 is 39.5 Å². The topological polar surface area (TPSA) is 153 Å². The Hall–Kier alpha value is 1.62. The van der Waals surface area contributed by atoms with Gasteiger partial charge in [-0.3, -0.25) is 0 Å². The number of carbonyl (C=O) groups is 3. The summed E-state index contributed by atoms with van der Waals surface area (Å²) < 4.78 is 4.68. The van der Waals surface area contributed by atoms with E-state index in [9.17, 15) is 29.7 Å². The number of alkyl halides is 1. The monoisotopic (exact) mass is 350 g/mol. The number of hydrogen-bond donors (Lipinski definition) is 1. The van der Waals surface area contributed by atoms with Gasteiger partial charge in [0.2, 0.25) is 0 Å². The molecule has 0 saturated carbocycles. The molecule has 12 heteroatoms. The zero-order valence-corrected chi connectivity index (χ0v) is 19.0. The third-order valence-corrected chi connectivity index (χ3v) is 2.35. The quantitative estimate of drug-likeness (QED) is 0.291. The van der Waals surface area contributed by atoms with Gasteiger partial charge in [0.25, 0.3) is 0 Å². The summed E-state index contributed by atoms with van der Waals surface area (Å²) >= 11 is 5.31. The second-order valence-electron chi connectivity index (χ2n) is 3.61. The van der Waals surface area contributed by atoms with E-state index in [0.717, 1.165) is 0 Å². The van der Waals surface area contributed by atoms with Crippen LogP contribution in [0.2, 0.25) is 0 Å². The minimum absolute atomic E-state index is 0. The molecule has 0 radical (unpaired) electrons. The fraction of sp³-hybridized carbons (Fsp3) is 0.667. The summed E-state index contributed by atoms with van der Waals surface area (Å²) in [7, 11) is 0. The Kier molecular flexibility index (Phi) is 20.3. The second-order valence-corrected chi connectivity index (χ2v) is 4.04. The maximum absolute atomic E-state index is 10.1. The third kappa shape index (κ3) is 14.9. The molecule has 1 fully saturated rings. The number of carboxylic acid groups (broad SMARTS) is 3. The fourth-order valence-corrected chi connectivity index (χ4v) is 1.01. The summed E-state index contributed by atoms with van der Waals surface area (Å²) in [6, 6.07) is 0. The van der Waals surface area contributed by atoms with Gasteiger partial charge in [0.05, 0.1) is 12.1 Å². The average molecular weight is 351 g/mol. The van der Waals surface area contributed by atoms with E-state index in [0.29, 0.717) is 6.10 Å². The SMILES string of the molecule is CC1OC1Cl.O=C([O-])CC(O)(CC(=O)[O-])C(=O)[O-].[Na+].[Na+].[Na+]. The molecule has 0 spiro atoms. The van der Waals surface area contributed by atoms with Crippen molar-refractivity contribution < 1.29 is 128 Å². The molecular formula is C9H10ClNa3O8. The second kappa shape index (κ2) is 14.0. The summed E-state index contributed by atoms with van der Waals surface area (Å²) in [6.07, 6.45) is -2.40. The normalized spacial score (nSPS) is 18.4. The summed E-state index contributed by atoms with van der Waals surface area (Å²) in [5, 5.41) is 38.9. The largest absolute Gasteiger partial charge is 1.00 e. The van der Waals surface area contributed by atoms with Gasteiger partial charge in [-0.05, 0) is 6.92 Å². The van der Waals surface area contributed by atoms with Crippen LogP contribution in [0, 0.1) is 0 Å². The number of halogens is 1. The molecule has 0 aliphatic carbocycles. The van der Waals surface area contributed by atoms with E-state index in [-0.39, 0.29) is 94.2 Å². The number of aliphatic carboxylic acids is 3. The molecule has 8 nitrogen and oxygen atoms in total. The van der Waals surface area contributed by atoms with Crippen LogP contribution in [0.5, 0.6) is 0 Å². The van der Waals surface area contributed by atoms with Crippen molar-refractivity contribution in [2.45, 2.75) is 37.0 Å². The van der Waals surface area contributed by atoms with Crippen molar-refractivity contribution in [1.29, 1.82) is 0 Å². The number of hydrogen-bond acceptors (Lipinski definition) is 8. The Bertz CT molecular complexity index is 332. The predicted octanol–water partition coefficient (Wildman–Crippen LogP) is -13.3. The van der Waals surface area contributed by atoms with E-state index >= 15 is 0 Å². The van der Waals surface area contributed by atoms with Crippen LogP contribution in [0.3, 0.4) is 0 Å². The summed E-state index contributed by atoms with van der Waals surface area (Å²) in [4.78, 5) is 30.0. The maximum Gasteiger partial charge on any atom is 1.00 e. The fourth-order valence-electron chi connectivity index (χ4n) is 0.844. The minimum atomic E-state index is -2.97. The van der Waals surface area contributed by atoms with Crippen LogP contribution in [0.25, 0.3) is 0 Å². The molecule has 21 heavy (non-hydrogen) atoms. The molecule has 1 rings (SSSR count). The first-order valence-corrected chi connectivity index (χ1v) is 5.15. The number of ether oxygens (including phenoxy) is 1. The molecule has 2 atom stereocenters. The number of carboxylic acids is 3. The predicted molar refractivity (Wildman–Crippen MR) is 49.4 cm³/mol. The van der Waals surface area contributed by atoms with Crippen molar-refractivity contribution in [3.05, 3.63) is 0 Å². The number of aliphatic hydroxyl groups is 1. The Morgan fingerprint density at radius 3 is 1.43 bits per heavy atom. The van der Waals surface area contributed by atoms with Crippen LogP contribution in [-0.2, 0) is 19.1 Å². The van der Waals surface area contributed by atoms with E-state index in [1.54, 1.807) is 0 Å². The molecule has 0 aromatic carbocycles. The summed E-state index contributed by atoms with van der Waals surface area (Å²) in [5.74, 6) is -5.98. The molecular weight excluding hydrogens is 341 g/mol. The maximum atomic E-state index is 10.1. The molecule has 2 unspecified atom stereocenters. The first kappa shape index (κ1) is 30.5. The van der Waals surface area contributed by atoms with Crippen molar-refractivity contribution in [3.8, 4) is 0 Å². The van der Waals surface area contributed by atoms with Gasteiger partial charge in [0.15, 0.2) is 5.56 Å². The molecule has 1 saturated heterocycles. The molecule has 0 amide bonds. The Balaban J connectivity index is -0.000000154. The summed E-state index contributed by atoms with van der Waals surface area (Å²) in [5.41, 5.74) is -2.95. The standard InChI is InChI=1S/C6H8O7.C3H5ClO.3Na/c7-3(8)1-6(13,5(11)12)2-4(9)10;1-2-3(4)5-2;;;/h13H,1-2H2,(H,7,8)(H,9,10)(H,11,12);2-3H,1H3;;;/q;;3*+1/p-3. The molecule has 0 aromatic heterocycles. The Morgan fingerprint density at radius 1 is 1.10 bits per heavy atom. The van der Waals surface area contributed by atoms with Gasteiger partial charge in [-0.2, -0.15) is 0 Å². The average Bonchev–Trinajstić information content (AvgIpc) is 2.77. The third-order valence-electron chi connectivity index (χ3n) is 1.89. The minimum Gasteiger partial charge on any atom is -0.550 e. The van der Waals surface area contributed by atoms with Gasteiger partial charge in [0, 0.05) is 24.8 Å². The van der Waals surface area contributed by atoms with E-state index in [1.807, 2.05) is 6.92 Å². The van der Waals surface area contributed by atoms with Crippen LogP contribution >= 0.6 is 11.6 Å². The molecule has 1 heterocycles. The van der Waals surface area contributed by atoms with Crippen molar-refractivity contribution >= 4 is 29.5 Å². The molecule has 0 bridgehead atoms. The van der Waals surface area contributed by atoms with Gasteiger partial charge >= 0.3 is 88.7 Å². The Labute approximate surface area is 192 Å². The molecule has 0 aromatic rings. The van der Waals surface area contributed by atoms with Gasteiger partial charge in [-0.25, -0.2) is 0 Å². The number of carbonyl (C=O) groups excluding carboxylic acids is 3. The van der Waals surface area contributed by atoms with E-state index in [2.05, 4.69) is 4.74 Å². The van der Waals surface area contributed by atoms with Crippen molar-refractivity contribution in [2.75, 3.05) is 0 Å². The number of epoxide rings is 1. The number of rotatable bonds is 5. The van der Waals surface area contributed by atoms with Crippen molar-refractivity contribution in [1.82, 2.24) is 0 Å². The first-order chi connectivity index (χ1) is 8.08. The van der Waals surface area contributed by atoms with Crippen LogP contribution < -0.4 is 104 Å². The summed E-state index contributed by atoms with van der Waals surface area (Å²) in [6.45, 7) is 1.94. The smallest absolute Gasteiger partial charge is 0.550 e. The zero-order chi connectivity index (χ0) is 14.5. The Morgan fingerprint density at radius 2 is 1.33 bits per heavy atom. The van der Waals surface area contributed by atoms with E-state index < -0.39 is 36.4 Å². The first-order valence-electron chi connectivity index (χ1n) is 4.71. The van der Waals surface area contributed by atoms with Crippen LogP contribution in [-0.4, -0.2) is 40.3 Å². The van der Waals surface area contributed by atoms with Crippen molar-refractivity contribution in [2.24, 2.45) is 0 Å². The van der Waals surface area contributed by atoms with Crippen LogP contribution in [0.15, 0.2) is 0 Å². The van der Waals surface area contributed by atoms with Gasteiger partial charge in [-0.1, -0.05) is 11.6 Å². The molecule has 104 valence electrons. The van der Waals surface area contributed by atoms with E-state index in [1.165, 1.54) is 0 Å².